The third kappa shape index (κ3) is 11.7. The molecule has 0 aromatic heterocycles. The Balaban J connectivity index is 0.000000225. The molecule has 0 heterocycles. The van der Waals surface area contributed by atoms with Crippen LogP contribution in [-0.4, -0.2) is 0 Å². The molecule has 0 spiro atoms. The smallest absolute Gasteiger partial charge is 0.0384 e. The van der Waals surface area contributed by atoms with Crippen LogP contribution in [0.15, 0.2) is 102 Å². The SMILES string of the molecule is CC(C)c1ccc(Br)cc1.CC(C)c1ccc(N)cc1.CC(C)c1ccc(Nc2ccc(C(C)C)cc2)cc1. The number of anilines is 3. The van der Waals surface area contributed by atoms with Gasteiger partial charge in [0.15, 0.2) is 0 Å². The summed E-state index contributed by atoms with van der Waals surface area (Å²) in [6.07, 6.45) is 0. The largest absolute Gasteiger partial charge is 0.399 e. The van der Waals surface area contributed by atoms with Crippen molar-refractivity contribution in [2.45, 2.75) is 79.1 Å². The van der Waals surface area contributed by atoms with Crippen molar-refractivity contribution in [3.8, 4) is 0 Å². The Labute approximate surface area is 246 Å². The molecule has 0 fully saturated rings. The van der Waals surface area contributed by atoms with E-state index in [9.17, 15) is 0 Å². The van der Waals surface area contributed by atoms with E-state index in [4.69, 9.17) is 5.73 Å². The predicted octanol–water partition coefficient (Wildman–Crippen LogP) is 11.6. The molecule has 208 valence electrons. The maximum Gasteiger partial charge on any atom is 0.0384 e. The second kappa shape index (κ2) is 16.2. The lowest BCUT2D eigenvalue weighted by Crippen LogP contribution is -1.93. The van der Waals surface area contributed by atoms with E-state index in [0.717, 1.165) is 21.5 Å². The van der Waals surface area contributed by atoms with Crippen molar-refractivity contribution in [3.63, 3.8) is 0 Å². The summed E-state index contributed by atoms with van der Waals surface area (Å²) < 4.78 is 1.15. The second-order valence-electron chi connectivity index (χ2n) is 11.2. The number of benzene rings is 4. The monoisotopic (exact) mass is 586 g/mol. The minimum atomic E-state index is 0.583. The molecule has 0 saturated carbocycles. The Morgan fingerprint density at radius 1 is 0.436 bits per heavy atom. The first-order chi connectivity index (χ1) is 18.5. The van der Waals surface area contributed by atoms with Crippen molar-refractivity contribution in [3.05, 3.63) is 124 Å². The van der Waals surface area contributed by atoms with E-state index in [1.54, 1.807) is 0 Å². The summed E-state index contributed by atoms with van der Waals surface area (Å²) in [5.74, 6) is 2.40. The van der Waals surface area contributed by atoms with Gasteiger partial charge in [-0.05, 0) is 94.5 Å². The average molecular weight is 588 g/mol. The van der Waals surface area contributed by atoms with Crippen LogP contribution in [0, 0.1) is 0 Å². The fourth-order valence-electron chi connectivity index (χ4n) is 3.80. The van der Waals surface area contributed by atoms with Crippen LogP contribution < -0.4 is 11.1 Å². The minimum absolute atomic E-state index is 0.583. The standard InChI is InChI=1S/C18H23N.C9H11Br.C9H13N/c1-13(2)15-5-9-17(10-6-15)19-18-11-7-16(8-12-18)14(3)4;2*1-7(2)8-3-5-9(10)6-4-8/h5-14,19H,1-4H3;3-7H,1-2H3;3-7H,10H2,1-2H3. The van der Waals surface area contributed by atoms with Gasteiger partial charge >= 0.3 is 0 Å². The van der Waals surface area contributed by atoms with Gasteiger partial charge in [0.25, 0.3) is 0 Å². The number of rotatable bonds is 6. The molecule has 4 aromatic rings. The molecule has 2 nitrogen and oxygen atoms in total. The average Bonchev–Trinajstić information content (AvgIpc) is 2.90. The number of halogens is 1. The quantitative estimate of drug-likeness (QED) is 0.220. The van der Waals surface area contributed by atoms with Crippen molar-refractivity contribution in [1.29, 1.82) is 0 Å². The number of nitrogens with two attached hydrogens (primary N) is 1. The molecule has 39 heavy (non-hydrogen) atoms. The van der Waals surface area contributed by atoms with Crippen LogP contribution in [0.3, 0.4) is 0 Å². The zero-order valence-electron chi connectivity index (χ0n) is 25.0. The summed E-state index contributed by atoms with van der Waals surface area (Å²) in [5, 5.41) is 3.44. The van der Waals surface area contributed by atoms with E-state index in [2.05, 4.69) is 162 Å². The number of hydrogen-bond acceptors (Lipinski definition) is 2. The molecule has 0 radical (unpaired) electrons. The van der Waals surface area contributed by atoms with Crippen LogP contribution in [0.25, 0.3) is 0 Å². The molecule has 4 aromatic carbocycles. The fraction of sp³-hybridized carbons (Fsp3) is 0.333. The highest BCUT2D eigenvalue weighted by molar-refractivity contribution is 9.10. The zero-order chi connectivity index (χ0) is 28.9. The molecule has 0 unspecified atom stereocenters. The van der Waals surface area contributed by atoms with Crippen LogP contribution in [-0.2, 0) is 0 Å². The highest BCUT2D eigenvalue weighted by Gasteiger charge is 2.01. The van der Waals surface area contributed by atoms with Crippen molar-refractivity contribution in [2.24, 2.45) is 0 Å². The first-order valence-corrected chi connectivity index (χ1v) is 14.8. The molecule has 0 aliphatic carbocycles. The molecule has 0 aliphatic heterocycles. The normalized spacial score (nSPS) is 10.7. The predicted molar refractivity (Wildman–Crippen MR) is 178 cm³/mol. The maximum absolute atomic E-state index is 5.53. The lowest BCUT2D eigenvalue weighted by Gasteiger charge is -2.11. The van der Waals surface area contributed by atoms with Crippen molar-refractivity contribution in [2.75, 3.05) is 11.1 Å². The molecular formula is C36H47BrN2. The molecule has 3 heteroatoms. The second-order valence-corrected chi connectivity index (χ2v) is 12.1. The van der Waals surface area contributed by atoms with Crippen molar-refractivity contribution < 1.29 is 0 Å². The Morgan fingerprint density at radius 2 is 0.692 bits per heavy atom. The van der Waals surface area contributed by atoms with Gasteiger partial charge in [0.2, 0.25) is 0 Å². The summed E-state index contributed by atoms with van der Waals surface area (Å²) in [6, 6.07) is 33.8. The Hall–Kier alpha value is -3.04. The molecule has 0 aliphatic rings. The molecule has 4 rings (SSSR count). The summed E-state index contributed by atoms with van der Waals surface area (Å²) in [7, 11) is 0. The van der Waals surface area contributed by atoms with Gasteiger partial charge in [-0.25, -0.2) is 0 Å². The molecule has 0 bridgehead atoms. The Bertz CT molecular complexity index is 1110. The van der Waals surface area contributed by atoms with Gasteiger partial charge in [-0.15, -0.1) is 0 Å². The van der Waals surface area contributed by atoms with E-state index >= 15 is 0 Å². The van der Waals surface area contributed by atoms with Gasteiger partial charge in [0.1, 0.15) is 0 Å². The van der Waals surface area contributed by atoms with Crippen LogP contribution in [0.5, 0.6) is 0 Å². The van der Waals surface area contributed by atoms with Gasteiger partial charge in [0, 0.05) is 21.5 Å². The van der Waals surface area contributed by atoms with Gasteiger partial charge in [-0.1, -0.05) is 120 Å². The Kier molecular flexibility index (Phi) is 13.3. The van der Waals surface area contributed by atoms with E-state index in [1.165, 1.54) is 22.3 Å². The summed E-state index contributed by atoms with van der Waals surface area (Å²) >= 11 is 3.39. The fourth-order valence-corrected chi connectivity index (χ4v) is 4.06. The van der Waals surface area contributed by atoms with Crippen molar-refractivity contribution >= 4 is 33.0 Å². The molecule has 0 saturated heterocycles. The zero-order valence-corrected chi connectivity index (χ0v) is 26.6. The lowest BCUT2D eigenvalue weighted by molar-refractivity contribution is 0.866. The molecule has 3 N–H and O–H groups in total. The van der Waals surface area contributed by atoms with Gasteiger partial charge in [0.05, 0.1) is 0 Å². The van der Waals surface area contributed by atoms with Gasteiger partial charge in [-0.3, -0.25) is 0 Å². The van der Waals surface area contributed by atoms with Gasteiger partial charge < -0.3 is 11.1 Å². The van der Waals surface area contributed by atoms with E-state index < -0.39 is 0 Å². The highest BCUT2D eigenvalue weighted by Crippen LogP contribution is 2.23. The molecule has 0 amide bonds. The van der Waals surface area contributed by atoms with E-state index in [0.29, 0.717) is 23.7 Å². The van der Waals surface area contributed by atoms with E-state index in [1.807, 2.05) is 12.1 Å². The first kappa shape index (κ1) is 32.2. The van der Waals surface area contributed by atoms with Crippen LogP contribution in [0.1, 0.15) is 101 Å². The van der Waals surface area contributed by atoms with Gasteiger partial charge in [-0.2, -0.15) is 0 Å². The molecular weight excluding hydrogens is 540 g/mol. The maximum atomic E-state index is 5.53. The topological polar surface area (TPSA) is 38.0 Å². The summed E-state index contributed by atoms with van der Waals surface area (Å²) in [5.41, 5.74) is 14.1. The van der Waals surface area contributed by atoms with Crippen molar-refractivity contribution in [1.82, 2.24) is 0 Å². The number of nitrogen functional groups attached to an aromatic ring is 1. The minimum Gasteiger partial charge on any atom is -0.399 e. The highest BCUT2D eigenvalue weighted by atomic mass is 79.9. The number of hydrogen-bond donors (Lipinski definition) is 2. The third-order valence-electron chi connectivity index (χ3n) is 6.58. The number of nitrogens with one attached hydrogen (secondary N) is 1. The first-order valence-electron chi connectivity index (χ1n) is 14.0. The molecule has 0 atom stereocenters. The van der Waals surface area contributed by atoms with Crippen LogP contribution in [0.4, 0.5) is 17.1 Å². The van der Waals surface area contributed by atoms with Crippen LogP contribution in [0.2, 0.25) is 0 Å². The lowest BCUT2D eigenvalue weighted by atomic mass is 10.0. The Morgan fingerprint density at radius 3 is 0.974 bits per heavy atom. The third-order valence-corrected chi connectivity index (χ3v) is 7.11. The summed E-state index contributed by atoms with van der Waals surface area (Å²) in [4.78, 5) is 0. The van der Waals surface area contributed by atoms with Crippen LogP contribution >= 0.6 is 15.9 Å². The summed E-state index contributed by atoms with van der Waals surface area (Å²) in [6.45, 7) is 17.6. The van der Waals surface area contributed by atoms with E-state index in [-0.39, 0.29) is 0 Å².